The van der Waals surface area contributed by atoms with Crippen LogP contribution in [0.5, 0.6) is 0 Å². The molecule has 16 heavy (non-hydrogen) atoms. The van der Waals surface area contributed by atoms with E-state index >= 15 is 0 Å². The highest BCUT2D eigenvalue weighted by Crippen LogP contribution is 2.03. The molecular weight excluding hydrogens is 196 g/mol. The summed E-state index contributed by atoms with van der Waals surface area (Å²) in [5.41, 5.74) is 1.23. The van der Waals surface area contributed by atoms with Crippen molar-refractivity contribution in [1.29, 1.82) is 0 Å². The van der Waals surface area contributed by atoms with Crippen molar-refractivity contribution in [3.8, 4) is 0 Å². The van der Waals surface area contributed by atoms with Crippen LogP contribution in [-0.4, -0.2) is 5.78 Å². The first-order valence-corrected chi connectivity index (χ1v) is 6.06. The molecule has 0 aromatic heterocycles. The van der Waals surface area contributed by atoms with Crippen LogP contribution in [0.1, 0.15) is 38.2 Å². The van der Waals surface area contributed by atoms with Crippen LogP contribution in [0.3, 0.4) is 0 Å². The van der Waals surface area contributed by atoms with Gasteiger partial charge in [-0.2, -0.15) is 0 Å². The van der Waals surface area contributed by atoms with E-state index in [2.05, 4.69) is 19.1 Å². The van der Waals surface area contributed by atoms with Crippen LogP contribution in [0.2, 0.25) is 0 Å². The van der Waals surface area contributed by atoms with Crippen LogP contribution in [0.25, 0.3) is 0 Å². The summed E-state index contributed by atoms with van der Waals surface area (Å²) in [6.07, 6.45) is 8.57. The van der Waals surface area contributed by atoms with Gasteiger partial charge in [-0.3, -0.25) is 4.79 Å². The van der Waals surface area contributed by atoms with Crippen LogP contribution in [0.4, 0.5) is 0 Å². The smallest absolute Gasteiger partial charge is 0.155 e. The van der Waals surface area contributed by atoms with Crippen LogP contribution >= 0.6 is 0 Å². The van der Waals surface area contributed by atoms with Gasteiger partial charge in [-0.05, 0) is 24.5 Å². The van der Waals surface area contributed by atoms with E-state index < -0.39 is 0 Å². The van der Waals surface area contributed by atoms with Gasteiger partial charge in [0, 0.05) is 6.42 Å². The van der Waals surface area contributed by atoms with E-state index in [1.165, 1.54) is 18.4 Å². The van der Waals surface area contributed by atoms with Crippen molar-refractivity contribution in [1.82, 2.24) is 0 Å². The summed E-state index contributed by atoms with van der Waals surface area (Å²) in [5, 5.41) is 0. The minimum Gasteiger partial charge on any atom is -0.295 e. The minimum atomic E-state index is 0.236. The maximum Gasteiger partial charge on any atom is 0.155 e. The van der Waals surface area contributed by atoms with E-state index in [4.69, 9.17) is 0 Å². The Hall–Kier alpha value is -1.37. The zero-order valence-electron chi connectivity index (χ0n) is 9.99. The first-order chi connectivity index (χ1) is 7.83. The fourth-order valence-electron chi connectivity index (χ4n) is 1.53. The number of rotatable bonds is 7. The summed E-state index contributed by atoms with van der Waals surface area (Å²) in [6, 6.07) is 10.1. The second-order valence-corrected chi connectivity index (χ2v) is 4.00. The molecule has 0 heterocycles. The molecule has 0 saturated carbocycles. The summed E-state index contributed by atoms with van der Waals surface area (Å²) in [4.78, 5) is 11.5. The average Bonchev–Trinajstić information content (AvgIpc) is 2.33. The SMILES string of the molecule is CCCC/C=C/C(=O)CCc1ccccc1. The Morgan fingerprint density at radius 1 is 1.25 bits per heavy atom. The number of hydrogen-bond donors (Lipinski definition) is 0. The van der Waals surface area contributed by atoms with Gasteiger partial charge in [-0.1, -0.05) is 56.2 Å². The Bertz CT molecular complexity index is 325. The van der Waals surface area contributed by atoms with Gasteiger partial charge in [0.05, 0.1) is 0 Å². The molecule has 0 amide bonds. The predicted octanol–water partition coefficient (Wildman–Crippen LogP) is 3.93. The number of benzene rings is 1. The maximum atomic E-state index is 11.5. The van der Waals surface area contributed by atoms with Crippen molar-refractivity contribution in [3.63, 3.8) is 0 Å². The molecule has 1 rings (SSSR count). The third-order valence-electron chi connectivity index (χ3n) is 2.53. The van der Waals surface area contributed by atoms with E-state index in [0.29, 0.717) is 6.42 Å². The summed E-state index contributed by atoms with van der Waals surface area (Å²) < 4.78 is 0. The lowest BCUT2D eigenvalue weighted by Gasteiger charge is -1.97. The molecule has 0 saturated heterocycles. The van der Waals surface area contributed by atoms with E-state index in [9.17, 15) is 4.79 Å². The molecule has 0 atom stereocenters. The highest BCUT2D eigenvalue weighted by molar-refractivity contribution is 5.89. The van der Waals surface area contributed by atoms with E-state index in [1.807, 2.05) is 24.3 Å². The van der Waals surface area contributed by atoms with Crippen molar-refractivity contribution < 1.29 is 4.79 Å². The number of hydrogen-bond acceptors (Lipinski definition) is 1. The predicted molar refractivity (Wildman–Crippen MR) is 68.4 cm³/mol. The Labute approximate surface area is 98.2 Å². The lowest BCUT2D eigenvalue weighted by Crippen LogP contribution is -1.95. The topological polar surface area (TPSA) is 17.1 Å². The molecule has 0 bridgehead atoms. The molecule has 0 N–H and O–H groups in total. The number of aryl methyl sites for hydroxylation is 1. The zero-order chi connectivity index (χ0) is 11.6. The van der Waals surface area contributed by atoms with E-state index in [1.54, 1.807) is 6.08 Å². The molecule has 1 nitrogen and oxygen atoms in total. The van der Waals surface area contributed by atoms with Gasteiger partial charge in [-0.15, -0.1) is 0 Å². The van der Waals surface area contributed by atoms with Crippen molar-refractivity contribution in [2.75, 3.05) is 0 Å². The van der Waals surface area contributed by atoms with E-state index in [0.717, 1.165) is 12.8 Å². The van der Waals surface area contributed by atoms with Crippen LogP contribution in [0.15, 0.2) is 42.5 Å². The zero-order valence-corrected chi connectivity index (χ0v) is 9.99. The largest absolute Gasteiger partial charge is 0.295 e. The molecule has 1 aromatic carbocycles. The highest BCUT2D eigenvalue weighted by atomic mass is 16.1. The Morgan fingerprint density at radius 3 is 2.69 bits per heavy atom. The molecule has 0 radical (unpaired) electrons. The molecule has 86 valence electrons. The summed E-state index contributed by atoms with van der Waals surface area (Å²) in [5.74, 6) is 0.236. The Morgan fingerprint density at radius 2 is 2.00 bits per heavy atom. The van der Waals surface area contributed by atoms with Crippen LogP contribution in [-0.2, 0) is 11.2 Å². The second-order valence-electron chi connectivity index (χ2n) is 4.00. The van der Waals surface area contributed by atoms with Crippen LogP contribution in [0, 0.1) is 0 Å². The standard InChI is InChI=1S/C15H20O/c1-2-3-4-8-11-15(16)13-12-14-9-6-5-7-10-14/h5-11H,2-4,12-13H2,1H3/b11-8+. The van der Waals surface area contributed by atoms with Crippen molar-refractivity contribution in [2.24, 2.45) is 0 Å². The van der Waals surface area contributed by atoms with Crippen molar-refractivity contribution in [3.05, 3.63) is 48.0 Å². The lowest BCUT2D eigenvalue weighted by atomic mass is 10.1. The third kappa shape index (κ3) is 5.50. The fraction of sp³-hybridized carbons (Fsp3) is 0.400. The van der Waals surface area contributed by atoms with Crippen molar-refractivity contribution >= 4 is 5.78 Å². The third-order valence-corrected chi connectivity index (χ3v) is 2.53. The molecule has 0 spiro atoms. The van der Waals surface area contributed by atoms with Gasteiger partial charge in [0.2, 0.25) is 0 Å². The molecular formula is C15H20O. The van der Waals surface area contributed by atoms with Gasteiger partial charge < -0.3 is 0 Å². The number of allylic oxidation sites excluding steroid dienone is 2. The van der Waals surface area contributed by atoms with E-state index in [-0.39, 0.29) is 5.78 Å². The molecule has 0 aliphatic carbocycles. The van der Waals surface area contributed by atoms with Crippen LogP contribution < -0.4 is 0 Å². The van der Waals surface area contributed by atoms with Crippen molar-refractivity contribution in [2.45, 2.75) is 39.0 Å². The quantitative estimate of drug-likeness (QED) is 0.498. The van der Waals surface area contributed by atoms with Gasteiger partial charge in [0.1, 0.15) is 0 Å². The fourth-order valence-corrected chi connectivity index (χ4v) is 1.53. The highest BCUT2D eigenvalue weighted by Gasteiger charge is 1.97. The first-order valence-electron chi connectivity index (χ1n) is 6.06. The summed E-state index contributed by atoms with van der Waals surface area (Å²) in [6.45, 7) is 2.16. The molecule has 1 aromatic rings. The maximum absolute atomic E-state index is 11.5. The average molecular weight is 216 g/mol. The number of ketones is 1. The number of carbonyl (C=O) groups is 1. The Kier molecular flexibility index (Phi) is 6.24. The monoisotopic (exact) mass is 216 g/mol. The summed E-state index contributed by atoms with van der Waals surface area (Å²) >= 11 is 0. The molecule has 1 heteroatoms. The molecule has 0 fully saturated rings. The van der Waals surface area contributed by atoms with Gasteiger partial charge in [0.25, 0.3) is 0 Å². The van der Waals surface area contributed by atoms with Gasteiger partial charge >= 0.3 is 0 Å². The normalized spacial score (nSPS) is 10.8. The summed E-state index contributed by atoms with van der Waals surface area (Å²) in [7, 11) is 0. The molecule has 0 unspecified atom stereocenters. The number of unbranched alkanes of at least 4 members (excludes halogenated alkanes) is 2. The minimum absolute atomic E-state index is 0.236. The number of carbonyl (C=O) groups excluding carboxylic acids is 1. The van der Waals surface area contributed by atoms with Gasteiger partial charge in [-0.25, -0.2) is 0 Å². The molecule has 0 aliphatic rings. The van der Waals surface area contributed by atoms with Gasteiger partial charge in [0.15, 0.2) is 5.78 Å². The second kappa shape index (κ2) is 7.86. The molecule has 0 aliphatic heterocycles. The Balaban J connectivity index is 2.23. The first kappa shape index (κ1) is 12.7. The lowest BCUT2D eigenvalue weighted by molar-refractivity contribution is -0.114.